The van der Waals surface area contributed by atoms with Crippen molar-refractivity contribution in [3.63, 3.8) is 0 Å². The van der Waals surface area contributed by atoms with Gasteiger partial charge in [0.15, 0.2) is 0 Å². The van der Waals surface area contributed by atoms with Gasteiger partial charge >= 0.3 is 0 Å². The van der Waals surface area contributed by atoms with Crippen LogP contribution in [0.5, 0.6) is 5.75 Å². The van der Waals surface area contributed by atoms with E-state index in [9.17, 15) is 4.39 Å². The third kappa shape index (κ3) is 3.36. The molecule has 2 atom stereocenters. The molecule has 21 heavy (non-hydrogen) atoms. The average Bonchev–Trinajstić information content (AvgIpc) is 2.86. The Morgan fingerprint density at radius 3 is 3.00 bits per heavy atom. The maximum absolute atomic E-state index is 13.2. The second kappa shape index (κ2) is 6.04. The Kier molecular flexibility index (Phi) is 4.13. The summed E-state index contributed by atoms with van der Waals surface area (Å²) in [7, 11) is 0. The lowest BCUT2D eigenvalue weighted by Gasteiger charge is -2.18. The number of benzene rings is 2. The second-order valence-corrected chi connectivity index (χ2v) is 5.82. The van der Waals surface area contributed by atoms with E-state index in [-0.39, 0.29) is 18.0 Å². The summed E-state index contributed by atoms with van der Waals surface area (Å²) >= 11 is 6.00. The van der Waals surface area contributed by atoms with Gasteiger partial charge in [-0.25, -0.2) is 4.39 Å². The van der Waals surface area contributed by atoms with Gasteiger partial charge in [0, 0.05) is 29.6 Å². The summed E-state index contributed by atoms with van der Waals surface area (Å²) in [6.07, 6.45) is 0.783. The lowest BCUT2D eigenvalue weighted by atomic mass is 10.1. The fourth-order valence-corrected chi connectivity index (χ4v) is 2.80. The molecule has 0 spiro atoms. The van der Waals surface area contributed by atoms with E-state index >= 15 is 0 Å². The molecule has 2 aromatic carbocycles. The number of fused-ring (bicyclic) bond motifs is 1. The molecular weight excluding hydrogens is 289 g/mol. The molecule has 0 saturated carbocycles. The summed E-state index contributed by atoms with van der Waals surface area (Å²) in [6.45, 7) is 2.80. The highest BCUT2D eigenvalue weighted by Crippen LogP contribution is 2.29. The Morgan fingerprint density at radius 1 is 1.33 bits per heavy atom. The third-order valence-electron chi connectivity index (χ3n) is 3.76. The van der Waals surface area contributed by atoms with Crippen molar-refractivity contribution in [2.45, 2.75) is 25.5 Å². The number of hydrogen-bond donors (Lipinski definition) is 1. The molecular formula is C17H17ClFNO. The van der Waals surface area contributed by atoms with Gasteiger partial charge < -0.3 is 10.1 Å². The van der Waals surface area contributed by atoms with Gasteiger partial charge in [0.1, 0.15) is 17.7 Å². The summed E-state index contributed by atoms with van der Waals surface area (Å²) in [5.41, 5.74) is 2.08. The zero-order chi connectivity index (χ0) is 14.8. The van der Waals surface area contributed by atoms with Crippen molar-refractivity contribution in [2.24, 2.45) is 0 Å². The lowest BCUT2D eigenvalue weighted by molar-refractivity contribution is 0.222. The van der Waals surface area contributed by atoms with Crippen LogP contribution in [0.2, 0.25) is 5.02 Å². The van der Waals surface area contributed by atoms with Crippen molar-refractivity contribution < 1.29 is 9.13 Å². The number of hydrogen-bond acceptors (Lipinski definition) is 2. The first kappa shape index (κ1) is 14.4. The minimum atomic E-state index is -0.210. The molecule has 0 saturated heterocycles. The van der Waals surface area contributed by atoms with Crippen LogP contribution >= 0.6 is 11.6 Å². The van der Waals surface area contributed by atoms with Crippen LogP contribution in [0.4, 0.5) is 4.39 Å². The van der Waals surface area contributed by atoms with Gasteiger partial charge in [0.2, 0.25) is 0 Å². The van der Waals surface area contributed by atoms with Gasteiger partial charge in [-0.3, -0.25) is 0 Å². The molecule has 0 amide bonds. The Morgan fingerprint density at radius 2 is 2.19 bits per heavy atom. The van der Waals surface area contributed by atoms with Crippen LogP contribution in [0.1, 0.15) is 24.1 Å². The number of ether oxygens (including phenoxy) is 1. The molecule has 3 rings (SSSR count). The number of halogens is 2. The Hall–Kier alpha value is -1.58. The predicted octanol–water partition coefficient (Wildman–Crippen LogP) is 4.13. The van der Waals surface area contributed by atoms with Gasteiger partial charge in [-0.1, -0.05) is 23.7 Å². The van der Waals surface area contributed by atoms with Crippen LogP contribution in [-0.4, -0.2) is 12.6 Å². The largest absolute Gasteiger partial charge is 0.488 e. The van der Waals surface area contributed by atoms with E-state index in [1.807, 2.05) is 24.3 Å². The zero-order valence-electron chi connectivity index (χ0n) is 11.8. The highest BCUT2D eigenvalue weighted by atomic mass is 35.5. The maximum Gasteiger partial charge on any atom is 0.123 e. The summed E-state index contributed by atoms with van der Waals surface area (Å²) in [6, 6.07) is 12.7. The van der Waals surface area contributed by atoms with Crippen LogP contribution in [0.3, 0.4) is 0 Å². The summed E-state index contributed by atoms with van der Waals surface area (Å²) < 4.78 is 19.0. The monoisotopic (exact) mass is 305 g/mol. The third-order valence-corrected chi connectivity index (χ3v) is 4.00. The second-order valence-electron chi connectivity index (χ2n) is 5.38. The van der Waals surface area contributed by atoms with E-state index in [2.05, 4.69) is 12.2 Å². The van der Waals surface area contributed by atoms with E-state index in [0.29, 0.717) is 6.54 Å². The number of nitrogens with one attached hydrogen (secondary N) is 1. The first-order valence-electron chi connectivity index (χ1n) is 7.06. The van der Waals surface area contributed by atoms with Crippen LogP contribution in [0, 0.1) is 5.82 Å². The topological polar surface area (TPSA) is 21.3 Å². The average molecular weight is 306 g/mol. The first-order chi connectivity index (χ1) is 10.1. The Labute approximate surface area is 128 Å². The van der Waals surface area contributed by atoms with Crippen molar-refractivity contribution in [1.29, 1.82) is 0 Å². The van der Waals surface area contributed by atoms with E-state index in [4.69, 9.17) is 16.3 Å². The summed E-state index contributed by atoms with van der Waals surface area (Å²) in [5, 5.41) is 4.18. The fourth-order valence-electron chi connectivity index (χ4n) is 2.60. The normalized spacial score (nSPS) is 18.1. The molecule has 0 radical (unpaired) electrons. The molecule has 2 unspecified atom stereocenters. The van der Waals surface area contributed by atoms with E-state index in [1.54, 1.807) is 12.1 Å². The molecule has 0 aromatic heterocycles. The molecule has 1 N–H and O–H groups in total. The van der Waals surface area contributed by atoms with Crippen molar-refractivity contribution in [3.05, 3.63) is 64.4 Å². The molecule has 1 heterocycles. The predicted molar refractivity (Wildman–Crippen MR) is 82.4 cm³/mol. The minimum Gasteiger partial charge on any atom is -0.488 e. The molecule has 0 bridgehead atoms. The van der Waals surface area contributed by atoms with E-state index in [1.165, 1.54) is 6.07 Å². The maximum atomic E-state index is 13.2. The molecule has 2 nitrogen and oxygen atoms in total. The molecule has 1 aliphatic heterocycles. The molecule has 0 aliphatic carbocycles. The molecule has 1 aliphatic rings. The van der Waals surface area contributed by atoms with Crippen LogP contribution in [-0.2, 0) is 6.42 Å². The highest BCUT2D eigenvalue weighted by molar-refractivity contribution is 6.30. The Balaban J connectivity index is 1.57. The minimum absolute atomic E-state index is 0.0448. The molecule has 0 fully saturated rings. The van der Waals surface area contributed by atoms with Gasteiger partial charge in [-0.2, -0.15) is 0 Å². The van der Waals surface area contributed by atoms with Gasteiger partial charge in [0.25, 0.3) is 0 Å². The quantitative estimate of drug-likeness (QED) is 0.917. The fraction of sp³-hybridized carbons (Fsp3) is 0.294. The summed E-state index contributed by atoms with van der Waals surface area (Å²) in [4.78, 5) is 0. The Bertz CT molecular complexity index is 646. The molecule has 110 valence electrons. The molecule has 4 heteroatoms. The van der Waals surface area contributed by atoms with Crippen molar-refractivity contribution in [1.82, 2.24) is 5.32 Å². The molecule has 2 aromatic rings. The SMILES string of the molecule is CC(NCC1Cc2cc(F)ccc2O1)c1cccc(Cl)c1. The van der Waals surface area contributed by atoms with Crippen molar-refractivity contribution >= 4 is 11.6 Å². The van der Waals surface area contributed by atoms with Crippen LogP contribution in [0.15, 0.2) is 42.5 Å². The lowest BCUT2D eigenvalue weighted by Crippen LogP contribution is -2.31. The smallest absolute Gasteiger partial charge is 0.123 e. The zero-order valence-corrected chi connectivity index (χ0v) is 12.5. The standard InChI is InChI=1S/C17H17ClFNO/c1-11(12-3-2-4-14(18)7-12)20-10-16-9-13-8-15(19)5-6-17(13)21-16/h2-8,11,16,20H,9-10H2,1H3. The van der Waals surface area contributed by atoms with Crippen molar-refractivity contribution in [2.75, 3.05) is 6.54 Å². The van der Waals surface area contributed by atoms with Gasteiger partial charge in [-0.15, -0.1) is 0 Å². The first-order valence-corrected chi connectivity index (χ1v) is 7.43. The van der Waals surface area contributed by atoms with Crippen LogP contribution < -0.4 is 10.1 Å². The number of rotatable bonds is 4. The van der Waals surface area contributed by atoms with Gasteiger partial charge in [0.05, 0.1) is 0 Å². The van der Waals surface area contributed by atoms with E-state index < -0.39 is 0 Å². The summed E-state index contributed by atoms with van der Waals surface area (Å²) in [5.74, 6) is 0.580. The van der Waals surface area contributed by atoms with Crippen molar-refractivity contribution in [3.8, 4) is 5.75 Å². The van der Waals surface area contributed by atoms with Gasteiger partial charge in [-0.05, 0) is 42.8 Å². The van der Waals surface area contributed by atoms with Crippen LogP contribution in [0.25, 0.3) is 0 Å². The van der Waals surface area contributed by atoms with E-state index in [0.717, 1.165) is 28.3 Å². The highest BCUT2D eigenvalue weighted by Gasteiger charge is 2.23.